The molecule has 4 heterocycles. The van der Waals surface area contributed by atoms with Crippen LogP contribution in [0.5, 0.6) is 0 Å². The van der Waals surface area contributed by atoms with Crippen LogP contribution < -0.4 is 15.6 Å². The predicted molar refractivity (Wildman–Crippen MR) is 121 cm³/mol. The summed E-state index contributed by atoms with van der Waals surface area (Å²) in [4.78, 5) is 31.2. The molecule has 4 aromatic rings. The lowest BCUT2D eigenvalue weighted by Gasteiger charge is -2.27. The molecule has 7 nitrogen and oxygen atoms in total. The van der Waals surface area contributed by atoms with Gasteiger partial charge in [0, 0.05) is 41.9 Å². The van der Waals surface area contributed by atoms with Crippen LogP contribution in [-0.2, 0) is 4.74 Å². The molecular formula is C23H19N3O4S. The number of aromatic nitrogens is 1. The molecule has 1 aliphatic rings. The Morgan fingerprint density at radius 2 is 1.90 bits per heavy atom. The second kappa shape index (κ2) is 8.33. The molecule has 0 unspecified atom stereocenters. The molecule has 3 aromatic heterocycles. The van der Waals surface area contributed by atoms with Crippen molar-refractivity contribution >= 4 is 39.2 Å². The molecule has 0 spiro atoms. The third-order valence-electron chi connectivity index (χ3n) is 5.12. The Morgan fingerprint density at radius 1 is 1.10 bits per heavy atom. The highest BCUT2D eigenvalue weighted by Crippen LogP contribution is 2.34. The lowest BCUT2D eigenvalue weighted by Crippen LogP contribution is -2.36. The van der Waals surface area contributed by atoms with Gasteiger partial charge in [-0.25, -0.2) is 4.98 Å². The molecule has 0 bridgehead atoms. The first-order valence-electron chi connectivity index (χ1n) is 9.90. The first-order chi connectivity index (χ1) is 15.2. The quantitative estimate of drug-likeness (QED) is 0.524. The van der Waals surface area contributed by atoms with Crippen LogP contribution in [0.25, 0.3) is 21.4 Å². The molecule has 1 N–H and O–H groups in total. The number of amides is 1. The highest BCUT2D eigenvalue weighted by molar-refractivity contribution is 7.17. The molecule has 0 atom stereocenters. The number of nitrogens with one attached hydrogen (secondary N) is 1. The van der Waals surface area contributed by atoms with E-state index in [1.807, 2.05) is 28.5 Å². The van der Waals surface area contributed by atoms with E-state index in [0.29, 0.717) is 53.9 Å². The summed E-state index contributed by atoms with van der Waals surface area (Å²) in [6.07, 6.45) is 1.62. The van der Waals surface area contributed by atoms with Crippen LogP contribution in [0.4, 0.5) is 11.7 Å². The van der Waals surface area contributed by atoms with Crippen molar-refractivity contribution in [2.45, 2.75) is 0 Å². The van der Waals surface area contributed by atoms with Gasteiger partial charge in [-0.3, -0.25) is 9.59 Å². The monoisotopic (exact) mass is 433 g/mol. The second-order valence-electron chi connectivity index (χ2n) is 7.10. The molecule has 31 heavy (non-hydrogen) atoms. The molecule has 1 saturated heterocycles. The SMILES string of the molecule is O=C(Nc1ccccn1)c1ccc(-c2csc3c(=O)cc(N4CCOCC4)oc23)cc1. The number of hydrogen-bond donors (Lipinski definition) is 1. The standard InChI is InChI=1S/C23H19N3O4S/c27-18-13-20(26-9-11-29-12-10-26)30-21-17(14-31-22(18)21)15-4-6-16(7-5-15)23(28)25-19-3-1-2-8-24-19/h1-8,13-14H,9-12H2,(H,24,25,28). The average Bonchev–Trinajstić information content (AvgIpc) is 3.25. The number of carbonyl (C=O) groups is 1. The summed E-state index contributed by atoms with van der Waals surface area (Å²) in [5, 5.41) is 4.69. The number of rotatable bonds is 4. The van der Waals surface area contributed by atoms with Crippen LogP contribution in [0.3, 0.4) is 0 Å². The van der Waals surface area contributed by atoms with Crippen molar-refractivity contribution in [2.24, 2.45) is 0 Å². The fourth-order valence-electron chi connectivity index (χ4n) is 3.50. The Kier molecular flexibility index (Phi) is 5.23. The van der Waals surface area contributed by atoms with Crippen LogP contribution in [0.2, 0.25) is 0 Å². The van der Waals surface area contributed by atoms with Gasteiger partial charge in [0.15, 0.2) is 11.5 Å². The van der Waals surface area contributed by atoms with E-state index >= 15 is 0 Å². The summed E-state index contributed by atoms with van der Waals surface area (Å²) in [6.45, 7) is 2.60. The maximum atomic E-state index is 12.6. The normalized spacial score (nSPS) is 14.0. The average molecular weight is 433 g/mol. The molecule has 1 aromatic carbocycles. The van der Waals surface area contributed by atoms with Gasteiger partial charge in [-0.1, -0.05) is 18.2 Å². The molecule has 0 aliphatic carbocycles. The van der Waals surface area contributed by atoms with E-state index in [2.05, 4.69) is 10.3 Å². The van der Waals surface area contributed by atoms with Gasteiger partial charge in [0.2, 0.25) is 5.43 Å². The number of morpholine rings is 1. The number of hydrogen-bond acceptors (Lipinski definition) is 7. The first-order valence-corrected chi connectivity index (χ1v) is 10.8. The number of benzene rings is 1. The Morgan fingerprint density at radius 3 is 2.65 bits per heavy atom. The fraction of sp³-hybridized carbons (Fsp3) is 0.174. The van der Waals surface area contributed by atoms with Gasteiger partial charge in [0.05, 0.1) is 13.2 Å². The van der Waals surface area contributed by atoms with Crippen LogP contribution in [0.1, 0.15) is 10.4 Å². The van der Waals surface area contributed by atoms with Gasteiger partial charge in [0.1, 0.15) is 10.5 Å². The van der Waals surface area contributed by atoms with Crippen molar-refractivity contribution in [1.82, 2.24) is 4.98 Å². The van der Waals surface area contributed by atoms with Crippen LogP contribution >= 0.6 is 11.3 Å². The summed E-state index contributed by atoms with van der Waals surface area (Å²) < 4.78 is 12.1. The minimum absolute atomic E-state index is 0.0506. The number of fused-ring (bicyclic) bond motifs is 1. The summed E-state index contributed by atoms with van der Waals surface area (Å²) in [5.41, 5.74) is 2.76. The Hall–Kier alpha value is -3.49. The summed E-state index contributed by atoms with van der Waals surface area (Å²) in [7, 11) is 0. The van der Waals surface area contributed by atoms with Crippen LogP contribution in [0.15, 0.2) is 69.3 Å². The van der Waals surface area contributed by atoms with Gasteiger partial charge >= 0.3 is 0 Å². The number of nitrogens with zero attached hydrogens (tertiary/aromatic N) is 2. The van der Waals surface area contributed by atoms with Crippen LogP contribution in [0, 0.1) is 0 Å². The van der Waals surface area contributed by atoms with E-state index in [4.69, 9.17) is 9.15 Å². The third-order valence-corrected chi connectivity index (χ3v) is 6.09. The van der Waals surface area contributed by atoms with Gasteiger partial charge in [-0.15, -0.1) is 11.3 Å². The number of anilines is 2. The van der Waals surface area contributed by atoms with Gasteiger partial charge in [-0.05, 0) is 29.8 Å². The molecule has 5 rings (SSSR count). The Bertz CT molecular complexity index is 1280. The second-order valence-corrected chi connectivity index (χ2v) is 7.98. The maximum Gasteiger partial charge on any atom is 0.256 e. The Balaban J connectivity index is 1.44. The van der Waals surface area contributed by atoms with Crippen molar-refractivity contribution < 1.29 is 13.9 Å². The van der Waals surface area contributed by atoms with E-state index in [1.54, 1.807) is 36.5 Å². The highest BCUT2D eigenvalue weighted by Gasteiger charge is 2.19. The molecule has 8 heteroatoms. The Labute approximate surface area is 181 Å². The molecule has 0 radical (unpaired) electrons. The van der Waals surface area contributed by atoms with Crippen molar-refractivity contribution in [1.29, 1.82) is 0 Å². The van der Waals surface area contributed by atoms with E-state index in [9.17, 15) is 9.59 Å². The molecule has 1 amide bonds. The maximum absolute atomic E-state index is 12.6. The van der Waals surface area contributed by atoms with Crippen molar-refractivity contribution in [3.63, 3.8) is 0 Å². The minimum atomic E-state index is -0.235. The van der Waals surface area contributed by atoms with Crippen molar-refractivity contribution in [3.8, 4) is 11.1 Å². The predicted octanol–water partition coefficient (Wildman–Crippen LogP) is 4.01. The van der Waals surface area contributed by atoms with E-state index in [-0.39, 0.29) is 11.3 Å². The zero-order valence-electron chi connectivity index (χ0n) is 16.5. The van der Waals surface area contributed by atoms with Crippen LogP contribution in [-0.4, -0.2) is 37.2 Å². The summed E-state index contributed by atoms with van der Waals surface area (Å²) in [5.74, 6) is 0.825. The molecule has 156 valence electrons. The topological polar surface area (TPSA) is 84.7 Å². The smallest absolute Gasteiger partial charge is 0.256 e. The van der Waals surface area contributed by atoms with E-state index in [1.165, 1.54) is 11.3 Å². The number of carbonyl (C=O) groups excluding carboxylic acids is 1. The van der Waals surface area contributed by atoms with Crippen molar-refractivity contribution in [3.05, 3.63) is 75.9 Å². The fourth-order valence-corrected chi connectivity index (χ4v) is 4.41. The zero-order chi connectivity index (χ0) is 21.2. The molecule has 1 aliphatic heterocycles. The highest BCUT2D eigenvalue weighted by atomic mass is 32.1. The minimum Gasteiger partial charge on any atom is -0.439 e. The largest absolute Gasteiger partial charge is 0.439 e. The number of pyridine rings is 1. The molecular weight excluding hydrogens is 414 g/mol. The summed E-state index contributed by atoms with van der Waals surface area (Å²) >= 11 is 1.37. The zero-order valence-corrected chi connectivity index (χ0v) is 17.4. The van der Waals surface area contributed by atoms with Gasteiger partial charge < -0.3 is 19.4 Å². The third kappa shape index (κ3) is 3.95. The number of ether oxygens (including phenoxy) is 1. The van der Waals surface area contributed by atoms with E-state index < -0.39 is 0 Å². The van der Waals surface area contributed by atoms with Crippen molar-refractivity contribution in [2.75, 3.05) is 36.5 Å². The van der Waals surface area contributed by atoms with Gasteiger partial charge in [-0.2, -0.15) is 0 Å². The van der Waals surface area contributed by atoms with Gasteiger partial charge in [0.25, 0.3) is 5.91 Å². The van der Waals surface area contributed by atoms with E-state index in [0.717, 1.165) is 11.1 Å². The lowest BCUT2D eigenvalue weighted by molar-refractivity contribution is 0.102. The summed E-state index contributed by atoms with van der Waals surface area (Å²) in [6, 6.07) is 14.1. The number of thiophene rings is 1. The molecule has 1 fully saturated rings. The first kappa shape index (κ1) is 19.5. The lowest BCUT2D eigenvalue weighted by atomic mass is 10.1. The molecule has 0 saturated carbocycles.